The number of hydrogen-bond acceptors (Lipinski definition) is 4. The summed E-state index contributed by atoms with van der Waals surface area (Å²) < 4.78 is 11.2. The predicted octanol–water partition coefficient (Wildman–Crippen LogP) is 3.45. The van der Waals surface area contributed by atoms with Gasteiger partial charge in [0.05, 0.1) is 18.2 Å². The second kappa shape index (κ2) is 7.81. The van der Waals surface area contributed by atoms with Crippen molar-refractivity contribution in [2.75, 3.05) is 6.61 Å². The van der Waals surface area contributed by atoms with Crippen LogP contribution in [-0.4, -0.2) is 24.7 Å². The van der Waals surface area contributed by atoms with Crippen LogP contribution < -0.4 is 15.4 Å². The molecule has 1 aliphatic carbocycles. The minimum Gasteiger partial charge on any atom is -0.494 e. The van der Waals surface area contributed by atoms with Crippen LogP contribution in [0.25, 0.3) is 0 Å². The first kappa shape index (κ1) is 18.3. The number of carbonyl (C=O) groups excluding carboxylic acids is 2. The molecule has 1 aromatic rings. The van der Waals surface area contributed by atoms with E-state index in [1.807, 2.05) is 31.2 Å². The van der Waals surface area contributed by atoms with Crippen LogP contribution in [-0.2, 0) is 9.53 Å². The van der Waals surface area contributed by atoms with Crippen molar-refractivity contribution in [3.05, 3.63) is 41.1 Å². The fraction of sp³-hybridized carbons (Fsp3) is 0.500. The van der Waals surface area contributed by atoms with E-state index in [1.54, 1.807) is 6.92 Å². The van der Waals surface area contributed by atoms with E-state index >= 15 is 0 Å². The molecule has 2 amide bonds. The Kier molecular flexibility index (Phi) is 5.49. The number of nitrogens with one attached hydrogen (secondary N) is 2. The molecule has 6 heteroatoms. The largest absolute Gasteiger partial charge is 0.494 e. The van der Waals surface area contributed by atoms with Gasteiger partial charge < -0.3 is 20.1 Å². The molecule has 6 nitrogen and oxygen atoms in total. The molecule has 2 N–H and O–H groups in total. The number of benzene rings is 1. The van der Waals surface area contributed by atoms with Crippen molar-refractivity contribution in [1.82, 2.24) is 10.6 Å². The zero-order valence-electron chi connectivity index (χ0n) is 15.5. The van der Waals surface area contributed by atoms with E-state index in [9.17, 15) is 9.59 Å². The van der Waals surface area contributed by atoms with Crippen LogP contribution in [0.3, 0.4) is 0 Å². The Morgan fingerprint density at radius 2 is 1.96 bits per heavy atom. The molecular formula is C20H26N2O4. The van der Waals surface area contributed by atoms with E-state index in [2.05, 4.69) is 17.6 Å². The molecule has 2 aliphatic rings. The Hall–Kier alpha value is -2.50. The summed E-state index contributed by atoms with van der Waals surface area (Å²) in [5.74, 6) is 0.753. The normalized spacial score (nSPS) is 25.5. The summed E-state index contributed by atoms with van der Waals surface area (Å²) in [6, 6.07) is 6.53. The maximum atomic E-state index is 12.9. The second-order valence-corrected chi connectivity index (χ2v) is 6.92. The van der Waals surface area contributed by atoms with Crippen molar-refractivity contribution in [1.29, 1.82) is 0 Å². The van der Waals surface area contributed by atoms with E-state index in [1.165, 1.54) is 0 Å². The van der Waals surface area contributed by atoms with Crippen molar-refractivity contribution in [2.24, 2.45) is 5.92 Å². The average molecular weight is 358 g/mol. The molecule has 0 unspecified atom stereocenters. The minimum atomic E-state index is -0.538. The van der Waals surface area contributed by atoms with Crippen LogP contribution in [0.1, 0.15) is 51.6 Å². The number of carbonyl (C=O) groups is 2. The number of hydrogen-bond donors (Lipinski definition) is 2. The van der Waals surface area contributed by atoms with Crippen LogP contribution >= 0.6 is 0 Å². The molecule has 1 aliphatic heterocycles. The minimum absolute atomic E-state index is 0.0543. The van der Waals surface area contributed by atoms with Crippen LogP contribution in [0.5, 0.6) is 5.75 Å². The molecule has 0 aromatic heterocycles. The Labute approximate surface area is 153 Å². The molecule has 0 saturated heterocycles. The number of amides is 2. The summed E-state index contributed by atoms with van der Waals surface area (Å²) in [6.45, 7) is 6.34. The van der Waals surface area contributed by atoms with Crippen LogP contribution in [0, 0.1) is 5.92 Å². The number of ether oxygens (including phenoxy) is 2. The van der Waals surface area contributed by atoms with Gasteiger partial charge in [0.25, 0.3) is 0 Å². The Balaban J connectivity index is 1.85. The Bertz CT molecular complexity index is 711. The third kappa shape index (κ3) is 3.84. The van der Waals surface area contributed by atoms with Gasteiger partial charge in [0.2, 0.25) is 0 Å². The topological polar surface area (TPSA) is 76.7 Å². The summed E-state index contributed by atoms with van der Waals surface area (Å²) in [7, 11) is 0. The van der Waals surface area contributed by atoms with E-state index in [0.717, 1.165) is 30.6 Å². The lowest BCUT2D eigenvalue weighted by molar-refractivity contribution is -0.146. The van der Waals surface area contributed by atoms with Gasteiger partial charge in [-0.05, 0) is 56.7 Å². The molecule has 1 saturated carbocycles. The highest BCUT2D eigenvalue weighted by Crippen LogP contribution is 2.32. The molecule has 1 aromatic carbocycles. The smallest absolute Gasteiger partial charge is 0.338 e. The van der Waals surface area contributed by atoms with Crippen LogP contribution in [0.4, 0.5) is 4.79 Å². The van der Waals surface area contributed by atoms with Crippen molar-refractivity contribution in [3.8, 4) is 5.75 Å². The zero-order valence-corrected chi connectivity index (χ0v) is 15.5. The maximum absolute atomic E-state index is 12.9. The van der Waals surface area contributed by atoms with Crippen molar-refractivity contribution in [2.45, 2.75) is 52.2 Å². The molecule has 0 spiro atoms. The average Bonchev–Trinajstić information content (AvgIpc) is 3.00. The molecule has 0 bridgehead atoms. The zero-order chi connectivity index (χ0) is 18.7. The molecule has 3 atom stereocenters. The van der Waals surface area contributed by atoms with Crippen molar-refractivity contribution in [3.63, 3.8) is 0 Å². The molecule has 1 fully saturated rings. The second-order valence-electron chi connectivity index (χ2n) is 6.92. The van der Waals surface area contributed by atoms with Crippen LogP contribution in [0.15, 0.2) is 35.5 Å². The highest BCUT2D eigenvalue weighted by atomic mass is 16.5. The Morgan fingerprint density at radius 3 is 2.58 bits per heavy atom. The fourth-order valence-electron chi connectivity index (χ4n) is 3.63. The lowest BCUT2D eigenvalue weighted by Crippen LogP contribution is -2.45. The van der Waals surface area contributed by atoms with Gasteiger partial charge in [0, 0.05) is 5.70 Å². The maximum Gasteiger partial charge on any atom is 0.338 e. The van der Waals surface area contributed by atoms with Gasteiger partial charge in [-0.15, -0.1) is 0 Å². The molecular weight excluding hydrogens is 332 g/mol. The van der Waals surface area contributed by atoms with Gasteiger partial charge in [0.15, 0.2) is 0 Å². The lowest BCUT2D eigenvalue weighted by Gasteiger charge is -2.29. The van der Waals surface area contributed by atoms with Crippen molar-refractivity contribution >= 4 is 12.0 Å². The third-order valence-electron chi connectivity index (χ3n) is 5.05. The summed E-state index contributed by atoms with van der Waals surface area (Å²) >= 11 is 0. The fourth-order valence-corrected chi connectivity index (χ4v) is 3.63. The van der Waals surface area contributed by atoms with E-state index in [4.69, 9.17) is 9.47 Å². The number of allylic oxidation sites excluding steroid dienone is 1. The summed E-state index contributed by atoms with van der Waals surface area (Å²) in [5, 5.41) is 5.51. The Morgan fingerprint density at radius 1 is 1.23 bits per heavy atom. The van der Waals surface area contributed by atoms with Gasteiger partial charge in [-0.3, -0.25) is 0 Å². The van der Waals surface area contributed by atoms with Gasteiger partial charge in [-0.2, -0.15) is 0 Å². The SMILES string of the molecule is CCOc1ccc([C@H]2NC(=O)NC(C)=C2C(=O)O[C@H]2CCC[C@@H]2C)cc1. The van der Waals surface area contributed by atoms with Gasteiger partial charge in [-0.25, -0.2) is 9.59 Å². The summed E-state index contributed by atoms with van der Waals surface area (Å²) in [5.41, 5.74) is 1.80. The highest BCUT2D eigenvalue weighted by Gasteiger charge is 2.35. The molecule has 1 heterocycles. The standard InChI is InChI=1S/C20H26N2O4/c1-4-25-15-10-8-14(9-11-15)18-17(13(3)21-20(24)22-18)19(23)26-16-7-5-6-12(16)2/h8-12,16,18H,4-7H2,1-3H3,(H2,21,22,24)/t12-,16-,18+/m0/s1. The summed E-state index contributed by atoms with van der Waals surface area (Å²) in [4.78, 5) is 24.8. The number of rotatable bonds is 5. The first-order valence-electron chi connectivity index (χ1n) is 9.21. The van der Waals surface area contributed by atoms with Gasteiger partial charge in [0.1, 0.15) is 11.9 Å². The lowest BCUT2D eigenvalue weighted by atomic mass is 9.95. The first-order chi connectivity index (χ1) is 12.5. The molecule has 26 heavy (non-hydrogen) atoms. The van der Waals surface area contributed by atoms with E-state index in [0.29, 0.717) is 23.8 Å². The quantitative estimate of drug-likeness (QED) is 0.791. The van der Waals surface area contributed by atoms with Gasteiger partial charge >= 0.3 is 12.0 Å². The van der Waals surface area contributed by atoms with Gasteiger partial charge in [-0.1, -0.05) is 19.1 Å². The predicted molar refractivity (Wildman–Crippen MR) is 97.6 cm³/mol. The molecule has 140 valence electrons. The highest BCUT2D eigenvalue weighted by molar-refractivity contribution is 5.95. The van der Waals surface area contributed by atoms with E-state index in [-0.39, 0.29) is 18.1 Å². The summed E-state index contributed by atoms with van der Waals surface area (Å²) in [6.07, 6.45) is 3.00. The first-order valence-corrected chi connectivity index (χ1v) is 9.21. The van der Waals surface area contributed by atoms with Crippen molar-refractivity contribution < 1.29 is 19.1 Å². The molecule has 3 rings (SSSR count). The molecule has 0 radical (unpaired) electrons. The number of urea groups is 1. The van der Waals surface area contributed by atoms with Crippen LogP contribution in [0.2, 0.25) is 0 Å². The number of esters is 1. The van der Waals surface area contributed by atoms with E-state index < -0.39 is 6.04 Å². The monoisotopic (exact) mass is 358 g/mol. The third-order valence-corrected chi connectivity index (χ3v) is 5.05.